The molecule has 2 aromatic heterocycles. The maximum absolute atomic E-state index is 13.2. The first-order valence-electron chi connectivity index (χ1n) is 9.81. The number of rotatable bonds is 5. The molecule has 5 nitrogen and oxygen atoms in total. The number of hydrogen-bond donors (Lipinski definition) is 0. The second kappa shape index (κ2) is 7.99. The zero-order valence-electron chi connectivity index (χ0n) is 17.3. The lowest BCUT2D eigenvalue weighted by atomic mass is 10.0. The monoisotopic (exact) mass is 395 g/mol. The van der Waals surface area contributed by atoms with Crippen molar-refractivity contribution in [1.29, 1.82) is 0 Å². The van der Waals surface area contributed by atoms with Crippen molar-refractivity contribution >= 4 is 35.8 Å². The summed E-state index contributed by atoms with van der Waals surface area (Å²) in [5, 5.41) is 0.529. The number of benzene rings is 2. The fourth-order valence-electron chi connectivity index (χ4n) is 3.57. The largest absolute Gasteiger partial charge is 0.378 e. The molecule has 0 spiro atoms. The number of ketones is 1. The van der Waals surface area contributed by atoms with Gasteiger partial charge in [-0.1, -0.05) is 24.3 Å². The minimum absolute atomic E-state index is 0.166. The molecule has 4 aromatic rings. The summed E-state index contributed by atoms with van der Waals surface area (Å²) in [5.41, 5.74) is 3.99. The molecule has 0 atom stereocenters. The normalized spacial score (nSPS) is 10.9. The van der Waals surface area contributed by atoms with Crippen molar-refractivity contribution in [3.05, 3.63) is 100.0 Å². The second-order valence-electron chi connectivity index (χ2n) is 7.56. The predicted molar refractivity (Wildman–Crippen MR) is 124 cm³/mol. The summed E-state index contributed by atoms with van der Waals surface area (Å²) in [6, 6.07) is 20.5. The molecule has 148 valence electrons. The molecule has 0 unspecified atom stereocenters. The van der Waals surface area contributed by atoms with Crippen LogP contribution >= 0.6 is 0 Å². The van der Waals surface area contributed by atoms with Crippen LogP contribution in [0.1, 0.15) is 21.6 Å². The van der Waals surface area contributed by atoms with Crippen LogP contribution in [-0.2, 0) is 6.54 Å². The number of hydrogen-bond acceptors (Lipinski definition) is 4. The average Bonchev–Trinajstić information content (AvgIpc) is 2.75. The first-order valence-corrected chi connectivity index (χ1v) is 9.81. The molecule has 0 aliphatic rings. The van der Waals surface area contributed by atoms with Gasteiger partial charge in [-0.2, -0.15) is 0 Å². The molecule has 30 heavy (non-hydrogen) atoms. The fourth-order valence-corrected chi connectivity index (χ4v) is 3.57. The van der Waals surface area contributed by atoms with E-state index in [-0.39, 0.29) is 16.8 Å². The molecule has 0 radical (unpaired) electrons. The maximum Gasteiger partial charge on any atom is 0.200 e. The van der Waals surface area contributed by atoms with Gasteiger partial charge in [0.15, 0.2) is 13.6 Å². The quantitative estimate of drug-likeness (QED) is 0.383. The van der Waals surface area contributed by atoms with Crippen molar-refractivity contribution in [2.45, 2.75) is 6.54 Å². The van der Waals surface area contributed by atoms with E-state index in [0.29, 0.717) is 17.5 Å². The van der Waals surface area contributed by atoms with Crippen LogP contribution < -0.4 is 15.9 Å². The van der Waals surface area contributed by atoms with Crippen LogP contribution in [-0.4, -0.2) is 37.3 Å². The van der Waals surface area contributed by atoms with Crippen molar-refractivity contribution in [2.75, 3.05) is 19.0 Å². The highest BCUT2D eigenvalue weighted by Gasteiger charge is 2.17. The molecule has 2 heterocycles. The topological polar surface area (TPSA) is 55.2 Å². The standard InChI is InChI=1S/C24H22BN3O2/c1-27(2)18-12-10-16(11-13-18)23(29)20-15-28(14-17-6-5-9-22(25)26-17)21-8-4-3-7-19(21)24(20)30/h3-13,15H,14,25H2,1-2H3. The molecule has 0 amide bonds. The van der Waals surface area contributed by atoms with E-state index >= 15 is 0 Å². The summed E-state index contributed by atoms with van der Waals surface area (Å²) in [5.74, 6) is -0.276. The van der Waals surface area contributed by atoms with Crippen molar-refractivity contribution < 1.29 is 4.79 Å². The summed E-state index contributed by atoms with van der Waals surface area (Å²) < 4.78 is 1.93. The molecule has 2 aromatic carbocycles. The van der Waals surface area contributed by atoms with Crippen LogP contribution in [0.5, 0.6) is 0 Å². The van der Waals surface area contributed by atoms with Gasteiger partial charge in [0.1, 0.15) is 0 Å². The minimum Gasteiger partial charge on any atom is -0.378 e. The fraction of sp³-hybridized carbons (Fsp3) is 0.125. The Hall–Kier alpha value is -3.67. The Morgan fingerprint density at radius 1 is 1.00 bits per heavy atom. The smallest absolute Gasteiger partial charge is 0.200 e. The zero-order valence-corrected chi connectivity index (χ0v) is 17.3. The first kappa shape index (κ1) is 19.6. The molecule has 0 bridgehead atoms. The van der Waals surface area contributed by atoms with E-state index in [4.69, 9.17) is 0 Å². The lowest BCUT2D eigenvalue weighted by Crippen LogP contribution is -2.21. The summed E-state index contributed by atoms with van der Waals surface area (Å²) >= 11 is 0. The molecule has 0 aliphatic heterocycles. The number of anilines is 1. The van der Waals surface area contributed by atoms with Crippen LogP contribution in [0.2, 0.25) is 0 Å². The predicted octanol–water partition coefficient (Wildman–Crippen LogP) is 2.00. The van der Waals surface area contributed by atoms with Crippen LogP contribution in [0.4, 0.5) is 5.69 Å². The third kappa shape index (κ3) is 3.76. The Morgan fingerprint density at radius 2 is 1.73 bits per heavy atom. The van der Waals surface area contributed by atoms with Crippen LogP contribution in [0.3, 0.4) is 0 Å². The van der Waals surface area contributed by atoms with E-state index in [1.807, 2.05) is 79.9 Å². The van der Waals surface area contributed by atoms with Gasteiger partial charge in [-0.15, -0.1) is 0 Å². The van der Waals surface area contributed by atoms with Gasteiger partial charge in [0.2, 0.25) is 5.43 Å². The minimum atomic E-state index is -0.276. The zero-order chi connectivity index (χ0) is 21.3. The number of nitrogens with zero attached hydrogens (tertiary/aromatic N) is 3. The van der Waals surface area contributed by atoms with E-state index in [2.05, 4.69) is 4.98 Å². The molecule has 6 heteroatoms. The van der Waals surface area contributed by atoms with E-state index in [1.165, 1.54) is 0 Å². The maximum atomic E-state index is 13.2. The number of carbonyl (C=O) groups excluding carboxylic acids is 1. The third-order valence-electron chi connectivity index (χ3n) is 5.16. The Morgan fingerprint density at radius 3 is 2.43 bits per heavy atom. The van der Waals surface area contributed by atoms with Crippen molar-refractivity contribution in [3.63, 3.8) is 0 Å². The summed E-state index contributed by atoms with van der Waals surface area (Å²) in [4.78, 5) is 32.9. The lowest BCUT2D eigenvalue weighted by Gasteiger charge is -2.14. The Bertz CT molecular complexity index is 1290. The number of aromatic nitrogens is 2. The van der Waals surface area contributed by atoms with E-state index in [9.17, 15) is 9.59 Å². The number of carbonyl (C=O) groups is 1. The summed E-state index contributed by atoms with van der Waals surface area (Å²) in [7, 11) is 5.83. The molecular weight excluding hydrogens is 373 g/mol. The Balaban J connectivity index is 1.82. The highest BCUT2D eigenvalue weighted by Crippen LogP contribution is 2.18. The van der Waals surface area contributed by atoms with Gasteiger partial charge in [0, 0.05) is 36.9 Å². The summed E-state index contributed by atoms with van der Waals surface area (Å²) in [6.45, 7) is 0.475. The molecule has 4 rings (SSSR count). The highest BCUT2D eigenvalue weighted by molar-refractivity contribution is 6.30. The number of para-hydroxylation sites is 1. The van der Waals surface area contributed by atoms with Crippen molar-refractivity contribution in [2.24, 2.45) is 0 Å². The molecule has 0 fully saturated rings. The third-order valence-corrected chi connectivity index (χ3v) is 5.16. The van der Waals surface area contributed by atoms with E-state index in [0.717, 1.165) is 22.5 Å². The van der Waals surface area contributed by atoms with Gasteiger partial charge >= 0.3 is 0 Å². The molecule has 0 aliphatic carbocycles. The van der Waals surface area contributed by atoms with Gasteiger partial charge in [0.25, 0.3) is 0 Å². The lowest BCUT2D eigenvalue weighted by molar-refractivity contribution is 0.103. The van der Waals surface area contributed by atoms with Gasteiger partial charge < -0.3 is 9.47 Å². The molecular formula is C24H22BN3O2. The number of fused-ring (bicyclic) bond motifs is 1. The Labute approximate surface area is 176 Å². The van der Waals surface area contributed by atoms with Crippen molar-refractivity contribution in [1.82, 2.24) is 9.55 Å². The van der Waals surface area contributed by atoms with Crippen LogP contribution in [0, 0.1) is 0 Å². The molecule has 0 saturated heterocycles. The second-order valence-corrected chi connectivity index (χ2v) is 7.56. The van der Waals surface area contributed by atoms with Gasteiger partial charge in [-0.25, -0.2) is 0 Å². The van der Waals surface area contributed by atoms with Gasteiger partial charge in [0.05, 0.1) is 23.3 Å². The van der Waals surface area contributed by atoms with E-state index in [1.54, 1.807) is 24.4 Å². The summed E-state index contributed by atoms with van der Waals surface area (Å²) in [6.07, 6.45) is 1.66. The SMILES string of the molecule is Bc1cccc(Cn2cc(C(=O)c3ccc(N(C)C)cc3)c(=O)c3ccccc32)n1. The van der Waals surface area contributed by atoms with Gasteiger partial charge in [-0.3, -0.25) is 14.6 Å². The first-order chi connectivity index (χ1) is 14.4. The average molecular weight is 395 g/mol. The van der Waals surface area contributed by atoms with Crippen LogP contribution in [0.25, 0.3) is 10.9 Å². The molecule has 0 N–H and O–H groups in total. The van der Waals surface area contributed by atoms with E-state index < -0.39 is 0 Å². The van der Waals surface area contributed by atoms with Crippen LogP contribution in [0.15, 0.2) is 77.7 Å². The Kier molecular flexibility index (Phi) is 5.23. The highest BCUT2D eigenvalue weighted by atomic mass is 16.1. The molecule has 0 saturated carbocycles. The van der Waals surface area contributed by atoms with Gasteiger partial charge in [-0.05, 0) is 48.1 Å². The van der Waals surface area contributed by atoms with Crippen molar-refractivity contribution in [3.8, 4) is 0 Å². The number of pyridine rings is 2.